The van der Waals surface area contributed by atoms with E-state index in [2.05, 4.69) is 25.9 Å². The fraction of sp³-hybridized carbons (Fsp3) is 0.300. The molecule has 0 bridgehead atoms. The predicted molar refractivity (Wildman–Crippen MR) is 158 cm³/mol. The lowest BCUT2D eigenvalue weighted by molar-refractivity contribution is -0.121. The summed E-state index contributed by atoms with van der Waals surface area (Å²) in [4.78, 5) is 50.9. The lowest BCUT2D eigenvalue weighted by Crippen LogP contribution is -2.45. The Hall–Kier alpha value is -4.51. The molecule has 2 aliphatic rings. The molecular formula is C30H30N6O4S. The van der Waals surface area contributed by atoms with Gasteiger partial charge in [0.1, 0.15) is 15.5 Å². The van der Waals surface area contributed by atoms with Crippen LogP contribution in [0, 0.1) is 6.92 Å². The first-order chi connectivity index (χ1) is 19.9. The number of ether oxygens (including phenoxy) is 1. The Morgan fingerprint density at radius 2 is 1.88 bits per heavy atom. The highest BCUT2D eigenvalue weighted by atomic mass is 32.1. The lowest BCUT2D eigenvalue weighted by Gasteiger charge is -2.31. The van der Waals surface area contributed by atoms with E-state index in [0.29, 0.717) is 62.3 Å². The number of hydrogen-bond donors (Lipinski definition) is 3. The van der Waals surface area contributed by atoms with Gasteiger partial charge in [-0.25, -0.2) is 14.8 Å². The number of thiophene rings is 1. The molecule has 0 saturated heterocycles. The number of rotatable bonds is 7. The normalized spacial score (nSPS) is 18.1. The van der Waals surface area contributed by atoms with E-state index in [-0.39, 0.29) is 29.9 Å². The minimum atomic E-state index is -0.390. The molecule has 1 aromatic carbocycles. The molecule has 4 aromatic rings. The van der Waals surface area contributed by atoms with Gasteiger partial charge in [-0.3, -0.25) is 14.5 Å². The number of carbonyl (C=O) groups excluding carboxylic acids is 3. The zero-order valence-electron chi connectivity index (χ0n) is 22.8. The quantitative estimate of drug-likeness (QED) is 0.249. The van der Waals surface area contributed by atoms with Crippen LogP contribution < -0.4 is 25.6 Å². The molecule has 0 radical (unpaired) electrons. The number of nitrogens with one attached hydrogen (secondary N) is 3. The molecule has 11 heteroatoms. The number of aryl methyl sites for hydroxylation is 1. The van der Waals surface area contributed by atoms with Gasteiger partial charge in [0.05, 0.1) is 28.1 Å². The van der Waals surface area contributed by atoms with E-state index >= 15 is 0 Å². The van der Waals surface area contributed by atoms with Gasteiger partial charge in [0.15, 0.2) is 0 Å². The summed E-state index contributed by atoms with van der Waals surface area (Å²) >= 11 is 1.25. The smallest absolute Gasteiger partial charge is 0.331 e. The van der Waals surface area contributed by atoms with E-state index in [1.165, 1.54) is 16.2 Å². The van der Waals surface area contributed by atoms with Gasteiger partial charge in [-0.15, -0.1) is 11.3 Å². The van der Waals surface area contributed by atoms with Crippen LogP contribution in [0.3, 0.4) is 0 Å². The number of carbonyl (C=O) groups is 3. The molecular weight excluding hydrogens is 540 g/mol. The van der Waals surface area contributed by atoms with Crippen molar-refractivity contribution in [1.82, 2.24) is 20.6 Å². The Kier molecular flexibility index (Phi) is 7.27. The Morgan fingerprint density at radius 3 is 2.63 bits per heavy atom. The third kappa shape index (κ3) is 5.32. The molecule has 10 nitrogen and oxygen atoms in total. The number of pyridine rings is 2. The molecule has 41 heavy (non-hydrogen) atoms. The highest BCUT2D eigenvalue weighted by Crippen LogP contribution is 2.47. The number of urea groups is 1. The minimum absolute atomic E-state index is 0.0142. The lowest BCUT2D eigenvalue weighted by atomic mass is 9.90. The van der Waals surface area contributed by atoms with Crippen LogP contribution in [0.4, 0.5) is 21.9 Å². The number of para-hydroxylation sites is 1. The molecule has 1 fully saturated rings. The van der Waals surface area contributed by atoms with Crippen LogP contribution >= 0.6 is 11.3 Å². The molecule has 0 unspecified atom stereocenters. The average molecular weight is 571 g/mol. The molecule has 6 rings (SSSR count). The van der Waals surface area contributed by atoms with Gasteiger partial charge in [0.25, 0.3) is 5.91 Å². The van der Waals surface area contributed by atoms with Crippen molar-refractivity contribution in [2.75, 3.05) is 10.2 Å². The van der Waals surface area contributed by atoms with Crippen molar-refractivity contribution in [2.45, 2.75) is 58.0 Å². The monoisotopic (exact) mass is 570 g/mol. The molecule has 3 aromatic heterocycles. The molecule has 4 heterocycles. The second-order valence-electron chi connectivity index (χ2n) is 10.2. The van der Waals surface area contributed by atoms with Crippen LogP contribution in [0.2, 0.25) is 0 Å². The van der Waals surface area contributed by atoms with Gasteiger partial charge in [-0.1, -0.05) is 25.1 Å². The molecule has 1 aliphatic carbocycles. The van der Waals surface area contributed by atoms with Gasteiger partial charge in [0.2, 0.25) is 11.8 Å². The van der Waals surface area contributed by atoms with Gasteiger partial charge < -0.3 is 20.7 Å². The zero-order valence-corrected chi connectivity index (χ0v) is 23.6. The molecule has 2 atom stereocenters. The number of nitrogens with zero attached hydrogens (tertiary/aromatic N) is 3. The molecule has 4 amide bonds. The number of amides is 4. The maximum absolute atomic E-state index is 13.8. The van der Waals surface area contributed by atoms with E-state index in [1.54, 1.807) is 31.3 Å². The van der Waals surface area contributed by atoms with Crippen molar-refractivity contribution in [3.63, 3.8) is 0 Å². The predicted octanol–water partition coefficient (Wildman–Crippen LogP) is 6.04. The van der Waals surface area contributed by atoms with E-state index < -0.39 is 0 Å². The van der Waals surface area contributed by atoms with Crippen molar-refractivity contribution in [2.24, 2.45) is 0 Å². The van der Waals surface area contributed by atoms with Crippen LogP contribution in [0.5, 0.6) is 11.6 Å². The fourth-order valence-corrected chi connectivity index (χ4v) is 6.50. The van der Waals surface area contributed by atoms with Gasteiger partial charge in [0, 0.05) is 30.8 Å². The van der Waals surface area contributed by atoms with Gasteiger partial charge in [-0.05, 0) is 56.9 Å². The Bertz CT molecular complexity index is 1640. The molecule has 1 aliphatic heterocycles. The Labute approximate surface area is 241 Å². The summed E-state index contributed by atoms with van der Waals surface area (Å²) in [6.45, 7) is 3.63. The summed E-state index contributed by atoms with van der Waals surface area (Å²) in [6, 6.07) is 14.1. The summed E-state index contributed by atoms with van der Waals surface area (Å²) in [7, 11) is 0. The fourth-order valence-electron chi connectivity index (χ4n) is 5.45. The standard InChI is InChI=1S/C30H30N6O4S/c1-3-23(37)33-18-8-7-9-19(16-18)34-28(38)27-26-25-21(14-15-31-29(25)41-27)35-30(39)36(26)22-12-13-24(32-17(22)2)40-20-10-5-4-6-11-20/h4-6,10-15,18-19H,3,7-9,16H2,1-2H3,(H,33,37)(H,34,38)(H,35,39)/t18-,19+/m1/s1. The Morgan fingerprint density at radius 1 is 1.10 bits per heavy atom. The van der Waals surface area contributed by atoms with E-state index in [9.17, 15) is 14.4 Å². The first kappa shape index (κ1) is 26.7. The Balaban J connectivity index is 1.32. The summed E-state index contributed by atoms with van der Waals surface area (Å²) in [5, 5.41) is 9.88. The summed E-state index contributed by atoms with van der Waals surface area (Å²) in [6.07, 6.45) is 5.34. The van der Waals surface area contributed by atoms with Gasteiger partial charge >= 0.3 is 6.03 Å². The van der Waals surface area contributed by atoms with Crippen LogP contribution in [0.15, 0.2) is 54.7 Å². The maximum atomic E-state index is 13.8. The number of anilines is 3. The topological polar surface area (TPSA) is 126 Å². The number of aromatic nitrogens is 2. The molecule has 1 saturated carbocycles. The minimum Gasteiger partial charge on any atom is -0.439 e. The van der Waals surface area contributed by atoms with Crippen LogP contribution in [-0.4, -0.2) is 39.9 Å². The van der Waals surface area contributed by atoms with E-state index in [1.807, 2.05) is 37.3 Å². The number of hydrogen-bond acceptors (Lipinski definition) is 7. The summed E-state index contributed by atoms with van der Waals surface area (Å²) in [5.74, 6) is 0.795. The highest BCUT2D eigenvalue weighted by molar-refractivity contribution is 7.21. The summed E-state index contributed by atoms with van der Waals surface area (Å²) < 4.78 is 5.89. The van der Waals surface area contributed by atoms with Crippen molar-refractivity contribution in [3.8, 4) is 11.6 Å². The van der Waals surface area contributed by atoms with Crippen molar-refractivity contribution >= 4 is 56.5 Å². The van der Waals surface area contributed by atoms with Crippen LogP contribution in [0.1, 0.15) is 54.4 Å². The van der Waals surface area contributed by atoms with Crippen molar-refractivity contribution in [1.29, 1.82) is 0 Å². The van der Waals surface area contributed by atoms with Crippen molar-refractivity contribution in [3.05, 3.63) is 65.3 Å². The second-order valence-corrected chi connectivity index (χ2v) is 11.2. The largest absolute Gasteiger partial charge is 0.439 e. The van der Waals surface area contributed by atoms with Gasteiger partial charge in [-0.2, -0.15) is 0 Å². The van der Waals surface area contributed by atoms with E-state index in [4.69, 9.17) is 4.74 Å². The first-order valence-corrected chi connectivity index (χ1v) is 14.6. The third-order valence-corrected chi connectivity index (χ3v) is 8.46. The van der Waals surface area contributed by atoms with E-state index in [0.717, 1.165) is 19.3 Å². The van der Waals surface area contributed by atoms with Crippen LogP contribution in [0.25, 0.3) is 10.2 Å². The molecule has 0 spiro atoms. The molecule has 3 N–H and O–H groups in total. The second kappa shape index (κ2) is 11.2. The number of benzene rings is 1. The maximum Gasteiger partial charge on any atom is 0.331 e. The average Bonchev–Trinajstić information content (AvgIpc) is 3.35. The first-order valence-electron chi connectivity index (χ1n) is 13.7. The van der Waals surface area contributed by atoms with Crippen LogP contribution in [-0.2, 0) is 4.79 Å². The van der Waals surface area contributed by atoms with Crippen molar-refractivity contribution < 1.29 is 19.1 Å². The highest BCUT2D eigenvalue weighted by Gasteiger charge is 2.36. The molecule has 210 valence electrons. The zero-order chi connectivity index (χ0) is 28.5. The third-order valence-electron chi connectivity index (χ3n) is 7.38. The summed E-state index contributed by atoms with van der Waals surface area (Å²) in [5.41, 5.74) is 2.19. The SMILES string of the molecule is CCC(=O)N[C@@H]1CCC[C@H](NC(=O)c2sc3nccc4c3c2N(c2ccc(Oc3ccccc3)nc2C)C(=O)N4)C1.